The summed E-state index contributed by atoms with van der Waals surface area (Å²) in [5.74, 6) is -0.0171. The molecule has 0 aliphatic carbocycles. The van der Waals surface area contributed by atoms with Crippen molar-refractivity contribution in [2.24, 2.45) is 5.41 Å². The third kappa shape index (κ3) is 7.70. The maximum absolute atomic E-state index is 13.8. The molecule has 0 amide bonds. The van der Waals surface area contributed by atoms with E-state index in [1.165, 1.54) is 12.3 Å². The van der Waals surface area contributed by atoms with Crippen molar-refractivity contribution in [1.29, 1.82) is 0 Å². The first-order chi connectivity index (χ1) is 9.98. The summed E-state index contributed by atoms with van der Waals surface area (Å²) in [6.45, 7) is 6.78. The van der Waals surface area contributed by atoms with Crippen LogP contribution in [0.4, 0.5) is 4.39 Å². The Morgan fingerprint density at radius 3 is 2.55 bits per heavy atom. The molecule has 0 radical (unpaired) electrons. The summed E-state index contributed by atoms with van der Waals surface area (Å²) in [5.41, 5.74) is 0.562. The van der Waals surface area contributed by atoms with Crippen molar-refractivity contribution in [2.45, 2.75) is 39.7 Å². The molecule has 1 aromatic carbocycles. The second kappa shape index (κ2) is 7.88. The van der Waals surface area contributed by atoms with Crippen molar-refractivity contribution in [1.82, 2.24) is 5.32 Å². The molecular formula is C16H25BrFNO2S. The number of halogens is 2. The van der Waals surface area contributed by atoms with Gasteiger partial charge in [-0.15, -0.1) is 0 Å². The van der Waals surface area contributed by atoms with Gasteiger partial charge in [-0.1, -0.05) is 35.8 Å². The van der Waals surface area contributed by atoms with E-state index in [0.717, 1.165) is 4.47 Å². The minimum Gasteiger partial charge on any atom is -0.313 e. The third-order valence-electron chi connectivity index (χ3n) is 3.62. The summed E-state index contributed by atoms with van der Waals surface area (Å²) in [6.07, 6.45) is 2.47. The summed E-state index contributed by atoms with van der Waals surface area (Å²) in [7, 11) is -2.94. The molecule has 0 spiro atoms. The number of rotatable bonds is 8. The quantitative estimate of drug-likeness (QED) is 0.733. The van der Waals surface area contributed by atoms with Crippen LogP contribution in [-0.4, -0.2) is 33.0 Å². The Morgan fingerprint density at radius 2 is 2.00 bits per heavy atom. The van der Waals surface area contributed by atoms with E-state index in [1.807, 2.05) is 26.8 Å². The first kappa shape index (κ1) is 19.6. The molecule has 0 heterocycles. The zero-order chi connectivity index (χ0) is 17.0. The Balaban J connectivity index is 2.49. The van der Waals surface area contributed by atoms with Crippen LogP contribution < -0.4 is 5.32 Å². The van der Waals surface area contributed by atoms with Crippen molar-refractivity contribution in [3.05, 3.63) is 34.1 Å². The van der Waals surface area contributed by atoms with Crippen molar-refractivity contribution >= 4 is 25.8 Å². The lowest BCUT2D eigenvalue weighted by atomic mass is 9.90. The van der Waals surface area contributed by atoms with E-state index in [-0.39, 0.29) is 23.0 Å². The van der Waals surface area contributed by atoms with Crippen molar-refractivity contribution in [3.63, 3.8) is 0 Å². The summed E-state index contributed by atoms with van der Waals surface area (Å²) in [5, 5.41) is 3.38. The second-order valence-electron chi connectivity index (χ2n) is 6.77. The van der Waals surface area contributed by atoms with E-state index >= 15 is 0 Å². The van der Waals surface area contributed by atoms with Gasteiger partial charge in [0.1, 0.15) is 15.7 Å². The lowest BCUT2D eigenvalue weighted by molar-refractivity contribution is 0.312. The maximum Gasteiger partial charge on any atom is 0.147 e. The topological polar surface area (TPSA) is 46.2 Å². The van der Waals surface area contributed by atoms with Gasteiger partial charge in [-0.05, 0) is 42.9 Å². The fraction of sp³-hybridized carbons (Fsp3) is 0.625. The zero-order valence-electron chi connectivity index (χ0n) is 13.6. The van der Waals surface area contributed by atoms with Gasteiger partial charge in [-0.2, -0.15) is 0 Å². The minimum absolute atomic E-state index is 0.115. The van der Waals surface area contributed by atoms with E-state index in [1.54, 1.807) is 6.07 Å². The third-order valence-corrected chi connectivity index (χ3v) is 5.06. The van der Waals surface area contributed by atoms with Crippen molar-refractivity contribution in [2.75, 3.05) is 18.6 Å². The SMILES string of the molecule is CC(Cc1ccc(Br)cc1F)NCC(C)(C)CCS(C)(=O)=O. The minimum atomic E-state index is -2.94. The molecule has 1 atom stereocenters. The largest absolute Gasteiger partial charge is 0.313 e. The smallest absolute Gasteiger partial charge is 0.147 e. The van der Waals surface area contributed by atoms with Gasteiger partial charge in [0, 0.05) is 23.3 Å². The monoisotopic (exact) mass is 393 g/mol. The van der Waals surface area contributed by atoms with E-state index in [9.17, 15) is 12.8 Å². The van der Waals surface area contributed by atoms with E-state index in [0.29, 0.717) is 24.9 Å². The van der Waals surface area contributed by atoms with Crippen molar-refractivity contribution in [3.8, 4) is 0 Å². The standard InChI is InChI=1S/C16H25BrFNO2S/c1-12(9-13-5-6-14(17)10-15(13)18)19-11-16(2,3)7-8-22(4,20)21/h5-6,10,12,19H,7-9,11H2,1-4H3. The van der Waals surface area contributed by atoms with Crippen LogP contribution in [-0.2, 0) is 16.3 Å². The average Bonchev–Trinajstić information content (AvgIpc) is 2.37. The Labute approximate surface area is 141 Å². The number of benzene rings is 1. The number of nitrogens with one attached hydrogen (secondary N) is 1. The molecule has 22 heavy (non-hydrogen) atoms. The fourth-order valence-corrected chi connectivity index (χ4v) is 3.35. The van der Waals surface area contributed by atoms with E-state index in [4.69, 9.17) is 0 Å². The van der Waals surface area contributed by atoms with Gasteiger partial charge in [-0.25, -0.2) is 12.8 Å². The Kier molecular flexibility index (Phi) is 7.02. The molecule has 126 valence electrons. The van der Waals surface area contributed by atoms with Crippen LogP contribution in [0.5, 0.6) is 0 Å². The number of hydrogen-bond acceptors (Lipinski definition) is 3. The van der Waals surface area contributed by atoms with Gasteiger partial charge in [0.05, 0.1) is 5.75 Å². The highest BCUT2D eigenvalue weighted by Gasteiger charge is 2.21. The van der Waals surface area contributed by atoms with Gasteiger partial charge in [-0.3, -0.25) is 0 Å². The summed E-state index contributed by atoms with van der Waals surface area (Å²) < 4.78 is 37.1. The first-order valence-electron chi connectivity index (χ1n) is 7.33. The van der Waals surface area contributed by atoms with Crippen LogP contribution in [0.1, 0.15) is 32.8 Å². The number of sulfone groups is 1. The van der Waals surface area contributed by atoms with Crippen molar-refractivity contribution < 1.29 is 12.8 Å². The molecule has 0 aliphatic rings. The molecule has 1 unspecified atom stereocenters. The van der Waals surface area contributed by atoms with Gasteiger partial charge < -0.3 is 5.32 Å². The predicted molar refractivity (Wildman–Crippen MR) is 93.4 cm³/mol. The van der Waals surface area contributed by atoms with Gasteiger partial charge >= 0.3 is 0 Å². The highest BCUT2D eigenvalue weighted by molar-refractivity contribution is 9.10. The lowest BCUT2D eigenvalue weighted by Gasteiger charge is -2.27. The van der Waals surface area contributed by atoms with Gasteiger partial charge in [0.2, 0.25) is 0 Å². The zero-order valence-corrected chi connectivity index (χ0v) is 16.0. The van der Waals surface area contributed by atoms with Crippen LogP contribution in [0.15, 0.2) is 22.7 Å². The highest BCUT2D eigenvalue weighted by atomic mass is 79.9. The maximum atomic E-state index is 13.8. The van der Waals surface area contributed by atoms with Crippen LogP contribution >= 0.6 is 15.9 Å². The predicted octanol–water partition coefficient (Wildman–Crippen LogP) is 3.57. The van der Waals surface area contributed by atoms with E-state index in [2.05, 4.69) is 21.2 Å². The van der Waals surface area contributed by atoms with Crippen LogP contribution in [0, 0.1) is 11.2 Å². The van der Waals surface area contributed by atoms with Crippen LogP contribution in [0.2, 0.25) is 0 Å². The summed E-state index contributed by atoms with van der Waals surface area (Å²) in [4.78, 5) is 0. The average molecular weight is 394 g/mol. The molecule has 0 saturated carbocycles. The van der Waals surface area contributed by atoms with Gasteiger partial charge in [0.15, 0.2) is 0 Å². The van der Waals surface area contributed by atoms with Gasteiger partial charge in [0.25, 0.3) is 0 Å². The molecule has 1 N–H and O–H groups in total. The molecule has 0 bridgehead atoms. The second-order valence-corrected chi connectivity index (χ2v) is 9.94. The summed E-state index contributed by atoms with van der Waals surface area (Å²) >= 11 is 3.25. The fourth-order valence-electron chi connectivity index (χ4n) is 2.09. The normalized spacial score (nSPS) is 14.1. The van der Waals surface area contributed by atoms with E-state index < -0.39 is 9.84 Å². The molecule has 3 nitrogen and oxygen atoms in total. The molecule has 6 heteroatoms. The lowest BCUT2D eigenvalue weighted by Crippen LogP contribution is -2.37. The molecule has 1 aromatic rings. The molecule has 0 saturated heterocycles. The molecule has 0 fully saturated rings. The molecule has 0 aromatic heterocycles. The number of hydrogen-bond donors (Lipinski definition) is 1. The van der Waals surface area contributed by atoms with Crippen LogP contribution in [0.3, 0.4) is 0 Å². The summed E-state index contributed by atoms with van der Waals surface area (Å²) in [6, 6.07) is 5.21. The molecule has 1 rings (SSSR count). The molecular weight excluding hydrogens is 369 g/mol. The highest BCUT2D eigenvalue weighted by Crippen LogP contribution is 2.21. The Morgan fingerprint density at radius 1 is 1.36 bits per heavy atom. The Bertz CT molecular complexity index is 602. The molecule has 0 aliphatic heterocycles. The van der Waals surface area contributed by atoms with Crippen LogP contribution in [0.25, 0.3) is 0 Å². The first-order valence-corrected chi connectivity index (χ1v) is 10.2. The Hall–Kier alpha value is -0.460.